The topological polar surface area (TPSA) is 63.7 Å². The highest BCUT2D eigenvalue weighted by atomic mass is 16.5. The predicted octanol–water partition coefficient (Wildman–Crippen LogP) is 3.81. The van der Waals surface area contributed by atoms with Gasteiger partial charge in [-0.15, -0.1) is 0 Å². The number of hydrogen-bond donors (Lipinski definition) is 1. The highest BCUT2D eigenvalue weighted by Crippen LogP contribution is 2.18. The van der Waals surface area contributed by atoms with Crippen LogP contribution >= 0.6 is 0 Å². The molecule has 1 aromatic carbocycles. The number of ether oxygens (including phenoxy) is 2. The number of anilines is 1. The van der Waals surface area contributed by atoms with Gasteiger partial charge in [0, 0.05) is 31.9 Å². The molecule has 1 amide bonds. The second kappa shape index (κ2) is 10.8. The first-order valence-corrected chi connectivity index (χ1v) is 10.6. The number of carbonyl (C=O) groups excluding carboxylic acids is 1. The number of morpholine rings is 1. The maximum absolute atomic E-state index is 12.1. The van der Waals surface area contributed by atoms with Gasteiger partial charge < -0.3 is 19.7 Å². The Morgan fingerprint density at radius 1 is 1.20 bits per heavy atom. The molecule has 0 saturated carbocycles. The van der Waals surface area contributed by atoms with Crippen LogP contribution in [0.4, 0.5) is 5.82 Å². The second-order valence-electron chi connectivity index (χ2n) is 7.66. The zero-order valence-electron chi connectivity index (χ0n) is 18.0. The molecule has 0 radical (unpaired) electrons. The molecule has 2 unspecified atom stereocenters. The SMILES string of the molecule is CCCOc1ccc(C=CC(=O)NCc2ccc(N3CC(C)OC(C)C3)nc2)cc1. The number of benzene rings is 1. The molecular formula is C24H31N3O3. The monoisotopic (exact) mass is 409 g/mol. The van der Waals surface area contributed by atoms with Crippen LogP contribution in [0.2, 0.25) is 0 Å². The third kappa shape index (κ3) is 6.59. The summed E-state index contributed by atoms with van der Waals surface area (Å²) in [7, 11) is 0. The van der Waals surface area contributed by atoms with E-state index in [2.05, 4.69) is 36.0 Å². The Bertz CT molecular complexity index is 824. The molecule has 6 heteroatoms. The molecule has 30 heavy (non-hydrogen) atoms. The molecule has 2 heterocycles. The first-order valence-electron chi connectivity index (χ1n) is 10.6. The fraction of sp³-hybridized carbons (Fsp3) is 0.417. The second-order valence-corrected chi connectivity index (χ2v) is 7.66. The van der Waals surface area contributed by atoms with Crippen molar-refractivity contribution in [1.29, 1.82) is 0 Å². The Labute approximate surface area is 178 Å². The summed E-state index contributed by atoms with van der Waals surface area (Å²) in [6.45, 7) is 9.05. The Balaban J connectivity index is 1.47. The van der Waals surface area contributed by atoms with Gasteiger partial charge in [0.2, 0.25) is 5.91 Å². The molecule has 1 aliphatic heterocycles. The van der Waals surface area contributed by atoms with Crippen molar-refractivity contribution < 1.29 is 14.3 Å². The zero-order valence-corrected chi connectivity index (χ0v) is 18.0. The number of pyridine rings is 1. The van der Waals surface area contributed by atoms with Crippen molar-refractivity contribution in [2.75, 3.05) is 24.6 Å². The summed E-state index contributed by atoms with van der Waals surface area (Å²) in [5.74, 6) is 1.65. The lowest BCUT2D eigenvalue weighted by Crippen LogP contribution is -2.45. The van der Waals surface area contributed by atoms with Gasteiger partial charge in [0.05, 0.1) is 18.8 Å². The van der Waals surface area contributed by atoms with Gasteiger partial charge in [-0.25, -0.2) is 4.98 Å². The smallest absolute Gasteiger partial charge is 0.244 e. The van der Waals surface area contributed by atoms with E-state index in [4.69, 9.17) is 9.47 Å². The molecule has 0 aliphatic carbocycles. The molecule has 1 aliphatic rings. The number of carbonyl (C=O) groups is 1. The van der Waals surface area contributed by atoms with Crippen LogP contribution in [0.3, 0.4) is 0 Å². The van der Waals surface area contributed by atoms with Gasteiger partial charge >= 0.3 is 0 Å². The van der Waals surface area contributed by atoms with Crippen LogP contribution in [-0.4, -0.2) is 42.8 Å². The predicted molar refractivity (Wildman–Crippen MR) is 120 cm³/mol. The quantitative estimate of drug-likeness (QED) is 0.672. The van der Waals surface area contributed by atoms with E-state index in [1.165, 1.54) is 0 Å². The summed E-state index contributed by atoms with van der Waals surface area (Å²) in [6.07, 6.45) is 6.52. The van der Waals surface area contributed by atoms with Crippen LogP contribution in [0.5, 0.6) is 5.75 Å². The molecule has 1 fully saturated rings. The van der Waals surface area contributed by atoms with E-state index in [0.29, 0.717) is 13.2 Å². The molecule has 0 bridgehead atoms. The Morgan fingerprint density at radius 3 is 2.57 bits per heavy atom. The van der Waals surface area contributed by atoms with Crippen LogP contribution in [0, 0.1) is 0 Å². The number of amides is 1. The molecule has 2 atom stereocenters. The highest BCUT2D eigenvalue weighted by Gasteiger charge is 2.22. The summed E-state index contributed by atoms with van der Waals surface area (Å²) < 4.78 is 11.3. The molecular weight excluding hydrogens is 378 g/mol. The van der Waals surface area contributed by atoms with E-state index in [1.807, 2.05) is 42.6 Å². The minimum Gasteiger partial charge on any atom is -0.494 e. The van der Waals surface area contributed by atoms with E-state index < -0.39 is 0 Å². The van der Waals surface area contributed by atoms with Gasteiger partial charge in [-0.2, -0.15) is 0 Å². The van der Waals surface area contributed by atoms with E-state index in [1.54, 1.807) is 12.2 Å². The van der Waals surface area contributed by atoms with E-state index in [-0.39, 0.29) is 18.1 Å². The van der Waals surface area contributed by atoms with Crippen molar-refractivity contribution in [3.8, 4) is 5.75 Å². The van der Waals surface area contributed by atoms with Crippen LogP contribution in [-0.2, 0) is 16.1 Å². The number of aromatic nitrogens is 1. The van der Waals surface area contributed by atoms with Crippen molar-refractivity contribution in [2.45, 2.75) is 45.9 Å². The number of hydrogen-bond acceptors (Lipinski definition) is 5. The molecule has 1 saturated heterocycles. The Hall–Kier alpha value is -2.86. The van der Waals surface area contributed by atoms with Crippen LogP contribution < -0.4 is 15.0 Å². The normalized spacial score (nSPS) is 19.1. The van der Waals surface area contributed by atoms with Gasteiger partial charge in [0.1, 0.15) is 11.6 Å². The van der Waals surface area contributed by atoms with Gasteiger partial charge in [-0.3, -0.25) is 4.79 Å². The van der Waals surface area contributed by atoms with Gasteiger partial charge in [0.15, 0.2) is 0 Å². The van der Waals surface area contributed by atoms with Crippen molar-refractivity contribution >= 4 is 17.8 Å². The van der Waals surface area contributed by atoms with Gasteiger partial charge in [0.25, 0.3) is 0 Å². The maximum atomic E-state index is 12.1. The summed E-state index contributed by atoms with van der Waals surface area (Å²) >= 11 is 0. The number of nitrogens with zero attached hydrogens (tertiary/aromatic N) is 2. The lowest BCUT2D eigenvalue weighted by Gasteiger charge is -2.36. The average molecular weight is 410 g/mol. The lowest BCUT2D eigenvalue weighted by atomic mass is 10.2. The molecule has 2 aromatic rings. The molecule has 0 spiro atoms. The van der Waals surface area contributed by atoms with E-state index in [9.17, 15) is 4.79 Å². The lowest BCUT2D eigenvalue weighted by molar-refractivity contribution is -0.116. The van der Waals surface area contributed by atoms with Crippen LogP contribution in [0.25, 0.3) is 6.08 Å². The maximum Gasteiger partial charge on any atom is 0.244 e. The van der Waals surface area contributed by atoms with Crippen molar-refractivity contribution in [3.63, 3.8) is 0 Å². The van der Waals surface area contributed by atoms with E-state index in [0.717, 1.165) is 42.2 Å². The summed E-state index contributed by atoms with van der Waals surface area (Å²) in [5, 5.41) is 2.90. The minimum atomic E-state index is -0.138. The third-order valence-electron chi connectivity index (χ3n) is 4.80. The first kappa shape index (κ1) is 21.8. The largest absolute Gasteiger partial charge is 0.494 e. The van der Waals surface area contributed by atoms with Gasteiger partial charge in [-0.05, 0) is 55.7 Å². The van der Waals surface area contributed by atoms with Gasteiger partial charge in [-0.1, -0.05) is 25.1 Å². The summed E-state index contributed by atoms with van der Waals surface area (Å²) in [6, 6.07) is 11.7. The fourth-order valence-electron chi connectivity index (χ4n) is 3.39. The summed E-state index contributed by atoms with van der Waals surface area (Å²) in [4.78, 5) is 18.9. The van der Waals surface area contributed by atoms with Crippen molar-refractivity contribution in [3.05, 3.63) is 59.8 Å². The van der Waals surface area contributed by atoms with Crippen molar-refractivity contribution in [1.82, 2.24) is 10.3 Å². The third-order valence-corrected chi connectivity index (χ3v) is 4.80. The molecule has 160 valence electrons. The number of rotatable bonds is 8. The minimum absolute atomic E-state index is 0.138. The Morgan fingerprint density at radius 2 is 1.93 bits per heavy atom. The molecule has 6 nitrogen and oxygen atoms in total. The molecule has 1 N–H and O–H groups in total. The fourth-order valence-corrected chi connectivity index (χ4v) is 3.39. The van der Waals surface area contributed by atoms with Crippen LogP contribution in [0.1, 0.15) is 38.3 Å². The highest BCUT2D eigenvalue weighted by molar-refractivity contribution is 5.91. The molecule has 3 rings (SSSR count). The first-order chi connectivity index (χ1) is 14.5. The summed E-state index contributed by atoms with van der Waals surface area (Å²) in [5.41, 5.74) is 1.92. The van der Waals surface area contributed by atoms with E-state index >= 15 is 0 Å². The Kier molecular flexibility index (Phi) is 7.85. The average Bonchev–Trinajstić information content (AvgIpc) is 2.75. The molecule has 1 aromatic heterocycles. The van der Waals surface area contributed by atoms with Crippen LogP contribution in [0.15, 0.2) is 48.7 Å². The standard InChI is InChI=1S/C24H31N3O3/c1-4-13-29-22-9-5-20(6-10-22)8-12-24(28)26-15-21-7-11-23(25-14-21)27-16-18(2)30-19(3)17-27/h5-12,14,18-19H,4,13,15-17H2,1-3H3,(H,26,28). The zero-order chi connectivity index (χ0) is 21.3. The van der Waals surface area contributed by atoms with Crippen molar-refractivity contribution in [2.24, 2.45) is 0 Å². The number of nitrogens with one attached hydrogen (secondary N) is 1.